The molecule has 1 aliphatic rings. The maximum Gasteiger partial charge on any atom is 0.242 e. The highest BCUT2D eigenvalue weighted by Gasteiger charge is 2.37. The summed E-state index contributed by atoms with van der Waals surface area (Å²) in [6.45, 7) is 5.07. The summed E-state index contributed by atoms with van der Waals surface area (Å²) in [5.41, 5.74) is 1.87. The molecule has 1 aliphatic heterocycles. The van der Waals surface area contributed by atoms with Crippen molar-refractivity contribution in [3.63, 3.8) is 0 Å². The molecule has 1 saturated heterocycles. The molecule has 0 radical (unpaired) electrons. The molecule has 1 amide bonds. The van der Waals surface area contributed by atoms with Crippen LogP contribution in [0.3, 0.4) is 0 Å². The molecule has 1 aromatic heterocycles. The summed E-state index contributed by atoms with van der Waals surface area (Å²) in [6.07, 6.45) is 2.11. The van der Waals surface area contributed by atoms with Crippen LogP contribution in [0.1, 0.15) is 26.7 Å². The van der Waals surface area contributed by atoms with Gasteiger partial charge in [0, 0.05) is 0 Å². The molecule has 1 unspecified atom stereocenters. The molecule has 1 fully saturated rings. The third-order valence-corrected chi connectivity index (χ3v) is 4.87. The van der Waals surface area contributed by atoms with E-state index in [9.17, 15) is 4.79 Å². The number of carbonyl (C=O) groups is 1. The predicted molar refractivity (Wildman–Crippen MR) is 85.9 cm³/mol. The fourth-order valence-electron chi connectivity index (χ4n) is 2.80. The maximum atomic E-state index is 12.6. The van der Waals surface area contributed by atoms with Crippen molar-refractivity contribution < 1.29 is 4.79 Å². The molecular formula is C14H17ClN4OS. The summed E-state index contributed by atoms with van der Waals surface area (Å²) >= 11 is 7.33. The molecule has 2 heterocycles. The maximum absolute atomic E-state index is 12.6. The number of anilines is 1. The molecule has 21 heavy (non-hydrogen) atoms. The summed E-state index contributed by atoms with van der Waals surface area (Å²) in [5, 5.41) is 6.72. The average molecular weight is 325 g/mol. The fraction of sp³-hybridized carbons (Fsp3) is 0.500. The molecule has 0 bridgehead atoms. The topological polar surface area (TPSA) is 66.9 Å². The van der Waals surface area contributed by atoms with E-state index in [-0.39, 0.29) is 17.4 Å². The van der Waals surface area contributed by atoms with Gasteiger partial charge in [0.15, 0.2) is 0 Å². The zero-order valence-electron chi connectivity index (χ0n) is 11.9. The van der Waals surface area contributed by atoms with Gasteiger partial charge in [0.25, 0.3) is 0 Å². The number of nitrogens with zero attached hydrogens (tertiary/aromatic N) is 2. The van der Waals surface area contributed by atoms with E-state index in [2.05, 4.69) is 33.2 Å². The van der Waals surface area contributed by atoms with E-state index in [1.807, 2.05) is 0 Å². The predicted octanol–water partition coefficient (Wildman–Crippen LogP) is 3.06. The molecule has 7 heteroatoms. The number of hydrogen-bond donors (Lipinski definition) is 2. The van der Waals surface area contributed by atoms with Gasteiger partial charge in [-0.1, -0.05) is 25.4 Å². The second-order valence-corrected chi connectivity index (χ2v) is 6.96. The summed E-state index contributed by atoms with van der Waals surface area (Å²) in [5.74, 6) is -0.0675. The van der Waals surface area contributed by atoms with Crippen LogP contribution in [-0.4, -0.2) is 27.2 Å². The number of aromatic nitrogens is 2. The van der Waals surface area contributed by atoms with Crippen LogP contribution < -0.4 is 10.6 Å². The number of amides is 1. The monoisotopic (exact) mass is 324 g/mol. The van der Waals surface area contributed by atoms with Gasteiger partial charge in [-0.25, -0.2) is 0 Å². The quantitative estimate of drug-likeness (QED) is 0.891. The molecule has 112 valence electrons. The van der Waals surface area contributed by atoms with E-state index in [0.29, 0.717) is 16.2 Å². The van der Waals surface area contributed by atoms with Gasteiger partial charge in [-0.05, 0) is 36.9 Å². The van der Waals surface area contributed by atoms with E-state index >= 15 is 0 Å². The summed E-state index contributed by atoms with van der Waals surface area (Å²) < 4.78 is 8.40. The van der Waals surface area contributed by atoms with Crippen LogP contribution in [0.5, 0.6) is 0 Å². The van der Waals surface area contributed by atoms with Gasteiger partial charge in [0.05, 0.1) is 28.5 Å². The number of halogens is 1. The minimum atomic E-state index is -0.232. The van der Waals surface area contributed by atoms with Crippen LogP contribution >= 0.6 is 23.3 Å². The molecule has 1 aromatic carbocycles. The Morgan fingerprint density at radius 3 is 3.05 bits per heavy atom. The van der Waals surface area contributed by atoms with Crippen LogP contribution in [0.15, 0.2) is 12.1 Å². The molecule has 0 spiro atoms. The van der Waals surface area contributed by atoms with E-state index in [1.165, 1.54) is 0 Å². The van der Waals surface area contributed by atoms with Gasteiger partial charge in [-0.15, -0.1) is 0 Å². The van der Waals surface area contributed by atoms with Crippen LogP contribution in [0, 0.1) is 5.41 Å². The van der Waals surface area contributed by atoms with Gasteiger partial charge in [0.2, 0.25) is 5.91 Å². The number of hydrogen-bond acceptors (Lipinski definition) is 5. The van der Waals surface area contributed by atoms with Gasteiger partial charge in [0.1, 0.15) is 11.0 Å². The Bertz CT molecular complexity index is 685. The Hall–Kier alpha value is -1.24. The third-order valence-electron chi connectivity index (χ3n) is 4.02. The van der Waals surface area contributed by atoms with Crippen molar-refractivity contribution in [3.05, 3.63) is 17.2 Å². The Balaban J connectivity index is 1.89. The lowest BCUT2D eigenvalue weighted by Crippen LogP contribution is -2.53. The normalized spacial score (nSPS) is 21.4. The zero-order chi connectivity index (χ0) is 15.0. The van der Waals surface area contributed by atoms with Crippen molar-refractivity contribution in [3.8, 4) is 0 Å². The van der Waals surface area contributed by atoms with E-state index in [0.717, 1.165) is 36.6 Å². The number of fused-ring (bicyclic) bond motifs is 1. The molecule has 2 aromatic rings. The number of rotatable bonds is 2. The summed E-state index contributed by atoms with van der Waals surface area (Å²) in [4.78, 5) is 12.6. The van der Waals surface area contributed by atoms with E-state index < -0.39 is 0 Å². The minimum Gasteiger partial charge on any atom is -0.322 e. The highest BCUT2D eigenvalue weighted by Crippen LogP contribution is 2.33. The van der Waals surface area contributed by atoms with Crippen molar-refractivity contribution in [2.24, 2.45) is 5.41 Å². The molecule has 0 saturated carbocycles. The van der Waals surface area contributed by atoms with E-state index in [1.54, 1.807) is 12.1 Å². The number of nitrogens with one attached hydrogen (secondary N) is 2. The third kappa shape index (κ3) is 2.75. The first-order valence-corrected chi connectivity index (χ1v) is 8.05. The minimum absolute atomic E-state index is 0.0675. The molecule has 0 aliphatic carbocycles. The standard InChI is InChI=1S/C14H17ClN4OS/c1-14(2)6-3-7-16-12(14)13(20)17-10-8(15)4-5-9-11(10)19-21-18-9/h4-5,12,16H,3,6-7H2,1-2H3,(H,17,20). The van der Waals surface area contributed by atoms with Gasteiger partial charge in [-0.2, -0.15) is 8.75 Å². The first-order valence-electron chi connectivity index (χ1n) is 6.94. The molecule has 3 rings (SSSR count). The van der Waals surface area contributed by atoms with Crippen molar-refractivity contribution in [2.45, 2.75) is 32.7 Å². The highest BCUT2D eigenvalue weighted by atomic mass is 35.5. The Kier molecular flexibility index (Phi) is 3.86. The lowest BCUT2D eigenvalue weighted by atomic mass is 9.77. The average Bonchev–Trinajstić information content (AvgIpc) is 2.90. The second kappa shape index (κ2) is 5.51. The molecule has 2 N–H and O–H groups in total. The number of benzene rings is 1. The number of piperidine rings is 1. The number of carbonyl (C=O) groups excluding carboxylic acids is 1. The van der Waals surface area contributed by atoms with Crippen LogP contribution in [0.25, 0.3) is 11.0 Å². The van der Waals surface area contributed by atoms with Crippen molar-refractivity contribution in [1.82, 2.24) is 14.1 Å². The second-order valence-electron chi connectivity index (χ2n) is 6.02. The Morgan fingerprint density at radius 2 is 2.29 bits per heavy atom. The van der Waals surface area contributed by atoms with Gasteiger partial charge < -0.3 is 10.6 Å². The van der Waals surface area contributed by atoms with Crippen LogP contribution in [0.4, 0.5) is 5.69 Å². The lowest BCUT2D eigenvalue weighted by molar-refractivity contribution is -0.121. The largest absolute Gasteiger partial charge is 0.322 e. The zero-order valence-corrected chi connectivity index (χ0v) is 13.5. The van der Waals surface area contributed by atoms with Gasteiger partial charge >= 0.3 is 0 Å². The van der Waals surface area contributed by atoms with Gasteiger partial charge in [-0.3, -0.25) is 4.79 Å². The van der Waals surface area contributed by atoms with Crippen molar-refractivity contribution in [2.75, 3.05) is 11.9 Å². The Morgan fingerprint density at radius 1 is 1.48 bits per heavy atom. The van der Waals surface area contributed by atoms with Crippen molar-refractivity contribution in [1.29, 1.82) is 0 Å². The summed E-state index contributed by atoms with van der Waals surface area (Å²) in [6, 6.07) is 3.31. The highest BCUT2D eigenvalue weighted by molar-refractivity contribution is 7.00. The SMILES string of the molecule is CC1(C)CCCNC1C(=O)Nc1c(Cl)ccc2nsnc12. The Labute approximate surface area is 132 Å². The van der Waals surface area contributed by atoms with E-state index in [4.69, 9.17) is 11.6 Å². The molecule has 1 atom stereocenters. The first-order chi connectivity index (χ1) is 9.99. The first kappa shape index (κ1) is 14.7. The molecule has 5 nitrogen and oxygen atoms in total. The smallest absolute Gasteiger partial charge is 0.242 e. The van der Waals surface area contributed by atoms with Crippen LogP contribution in [0.2, 0.25) is 5.02 Å². The fourth-order valence-corrected chi connectivity index (χ4v) is 3.54. The lowest BCUT2D eigenvalue weighted by Gasteiger charge is -2.38. The van der Waals surface area contributed by atoms with Crippen molar-refractivity contribution >= 4 is 46.0 Å². The van der Waals surface area contributed by atoms with Crippen LogP contribution in [-0.2, 0) is 4.79 Å². The molecular weight excluding hydrogens is 308 g/mol. The summed E-state index contributed by atoms with van der Waals surface area (Å²) in [7, 11) is 0.